The van der Waals surface area contributed by atoms with Gasteiger partial charge in [-0.05, 0) is 19.1 Å². The van der Waals surface area contributed by atoms with Gasteiger partial charge in [-0.3, -0.25) is 14.9 Å². The van der Waals surface area contributed by atoms with Crippen LogP contribution in [0.1, 0.15) is 29.3 Å². The third-order valence-corrected chi connectivity index (χ3v) is 2.20. The first kappa shape index (κ1) is 11.1. The average Bonchev–Trinajstić information content (AvgIpc) is 2.77. The molecule has 0 aliphatic heterocycles. The van der Waals surface area contributed by atoms with Crippen LogP contribution < -0.4 is 11.1 Å². The summed E-state index contributed by atoms with van der Waals surface area (Å²) < 4.78 is 0. The molecule has 4 N–H and O–H groups in total. The van der Waals surface area contributed by atoms with E-state index >= 15 is 0 Å². The zero-order valence-corrected chi connectivity index (χ0v) is 9.21. The van der Waals surface area contributed by atoms with Crippen molar-refractivity contribution in [1.82, 2.24) is 25.5 Å². The van der Waals surface area contributed by atoms with Crippen LogP contribution in [0.3, 0.4) is 0 Å². The Morgan fingerprint density at radius 1 is 1.53 bits per heavy atom. The molecule has 1 unspecified atom stereocenters. The maximum absolute atomic E-state index is 11.7. The van der Waals surface area contributed by atoms with E-state index < -0.39 is 0 Å². The van der Waals surface area contributed by atoms with Gasteiger partial charge in [-0.1, -0.05) is 6.07 Å². The van der Waals surface area contributed by atoms with Gasteiger partial charge in [0.1, 0.15) is 0 Å². The average molecular weight is 232 g/mol. The van der Waals surface area contributed by atoms with Gasteiger partial charge < -0.3 is 11.1 Å². The summed E-state index contributed by atoms with van der Waals surface area (Å²) in [5.74, 6) is -0.238. The number of aromatic nitrogens is 4. The summed E-state index contributed by atoms with van der Waals surface area (Å²) in [5.41, 5.74) is 6.08. The van der Waals surface area contributed by atoms with Crippen molar-refractivity contribution in [2.45, 2.75) is 13.0 Å². The van der Waals surface area contributed by atoms with Gasteiger partial charge in [-0.2, -0.15) is 4.98 Å². The number of aromatic amines is 1. The number of nitrogens with zero attached hydrogens (tertiary/aromatic N) is 3. The first-order valence-electron chi connectivity index (χ1n) is 5.06. The number of nitrogen functional groups attached to an aromatic ring is 1. The molecule has 2 heterocycles. The van der Waals surface area contributed by atoms with Crippen LogP contribution in [-0.4, -0.2) is 26.1 Å². The van der Waals surface area contributed by atoms with E-state index in [9.17, 15) is 4.79 Å². The van der Waals surface area contributed by atoms with Crippen molar-refractivity contribution in [3.63, 3.8) is 0 Å². The van der Waals surface area contributed by atoms with E-state index in [1.54, 1.807) is 6.20 Å². The quantitative estimate of drug-likeness (QED) is 0.703. The number of nitrogens with two attached hydrogens (primary N) is 1. The van der Waals surface area contributed by atoms with Crippen LogP contribution in [-0.2, 0) is 0 Å². The molecule has 0 saturated carbocycles. The molecule has 7 heteroatoms. The van der Waals surface area contributed by atoms with Crippen LogP contribution in [0, 0.1) is 0 Å². The largest absolute Gasteiger partial charge is 0.366 e. The lowest BCUT2D eigenvalue weighted by atomic mass is 10.2. The number of pyridine rings is 1. The topological polar surface area (TPSA) is 110 Å². The molecule has 2 rings (SSSR count). The van der Waals surface area contributed by atoms with Gasteiger partial charge in [0.05, 0.1) is 11.7 Å². The molecule has 2 aromatic rings. The summed E-state index contributed by atoms with van der Waals surface area (Å²) in [7, 11) is 0. The van der Waals surface area contributed by atoms with Crippen LogP contribution in [0.4, 0.5) is 5.95 Å². The Morgan fingerprint density at radius 3 is 2.94 bits per heavy atom. The summed E-state index contributed by atoms with van der Waals surface area (Å²) >= 11 is 0. The molecular formula is C10H12N6O. The standard InChI is InChI=1S/C10H12N6O/c1-6(7-4-2-3-5-12-7)13-9(17)8-14-10(11)16-15-8/h2-6H,1H3,(H,13,17)(H3,11,14,15,16). The monoisotopic (exact) mass is 232 g/mol. The second-order valence-electron chi connectivity index (χ2n) is 3.49. The van der Waals surface area contributed by atoms with E-state index in [0.29, 0.717) is 0 Å². The molecule has 0 spiro atoms. The predicted molar refractivity (Wildman–Crippen MR) is 60.9 cm³/mol. The molecule has 0 saturated heterocycles. The Labute approximate surface area is 97.5 Å². The lowest BCUT2D eigenvalue weighted by molar-refractivity contribution is 0.0929. The van der Waals surface area contributed by atoms with E-state index in [2.05, 4.69) is 25.5 Å². The van der Waals surface area contributed by atoms with Gasteiger partial charge in [-0.15, -0.1) is 5.10 Å². The Balaban J connectivity index is 2.04. The van der Waals surface area contributed by atoms with Crippen molar-refractivity contribution in [2.75, 3.05) is 5.73 Å². The normalized spacial score (nSPS) is 12.1. The minimum absolute atomic E-state index is 0.0423. The van der Waals surface area contributed by atoms with Crippen molar-refractivity contribution in [2.24, 2.45) is 0 Å². The van der Waals surface area contributed by atoms with Crippen LogP contribution in [0.15, 0.2) is 24.4 Å². The van der Waals surface area contributed by atoms with Gasteiger partial charge in [0.25, 0.3) is 5.91 Å². The molecule has 7 nitrogen and oxygen atoms in total. The molecule has 88 valence electrons. The maximum Gasteiger partial charge on any atom is 0.289 e. The number of nitrogens with one attached hydrogen (secondary N) is 2. The highest BCUT2D eigenvalue weighted by Gasteiger charge is 2.15. The minimum atomic E-state index is -0.368. The van der Waals surface area contributed by atoms with Crippen LogP contribution in [0.25, 0.3) is 0 Å². The Kier molecular flexibility index (Phi) is 2.99. The molecule has 0 aromatic carbocycles. The lowest BCUT2D eigenvalue weighted by Crippen LogP contribution is -2.28. The zero-order chi connectivity index (χ0) is 12.3. The fraction of sp³-hybridized carbons (Fsp3) is 0.200. The fourth-order valence-corrected chi connectivity index (χ4v) is 1.35. The molecule has 0 aliphatic rings. The van der Waals surface area contributed by atoms with Gasteiger partial charge in [-0.25, -0.2) is 0 Å². The summed E-state index contributed by atoms with van der Waals surface area (Å²) in [6.07, 6.45) is 1.67. The van der Waals surface area contributed by atoms with E-state index in [1.807, 2.05) is 25.1 Å². The minimum Gasteiger partial charge on any atom is -0.366 e. The number of H-pyrrole nitrogens is 1. The number of hydrogen-bond donors (Lipinski definition) is 3. The first-order valence-corrected chi connectivity index (χ1v) is 5.06. The third-order valence-electron chi connectivity index (χ3n) is 2.20. The molecule has 17 heavy (non-hydrogen) atoms. The van der Waals surface area contributed by atoms with Crippen molar-refractivity contribution in [3.05, 3.63) is 35.9 Å². The van der Waals surface area contributed by atoms with Crippen molar-refractivity contribution in [3.8, 4) is 0 Å². The Bertz CT molecular complexity index is 509. The zero-order valence-electron chi connectivity index (χ0n) is 9.21. The van der Waals surface area contributed by atoms with E-state index in [0.717, 1.165) is 5.69 Å². The molecule has 0 fully saturated rings. The highest BCUT2D eigenvalue weighted by molar-refractivity contribution is 5.90. The fourth-order valence-electron chi connectivity index (χ4n) is 1.35. The number of anilines is 1. The molecule has 0 bridgehead atoms. The number of rotatable bonds is 3. The predicted octanol–water partition coefficient (Wildman–Crippen LogP) is 0.273. The lowest BCUT2D eigenvalue weighted by Gasteiger charge is -2.11. The molecular weight excluding hydrogens is 220 g/mol. The molecule has 1 amide bonds. The number of hydrogen-bond acceptors (Lipinski definition) is 5. The van der Waals surface area contributed by atoms with Crippen molar-refractivity contribution >= 4 is 11.9 Å². The third kappa shape index (κ3) is 2.57. The highest BCUT2D eigenvalue weighted by atomic mass is 16.2. The highest BCUT2D eigenvalue weighted by Crippen LogP contribution is 2.08. The molecule has 0 radical (unpaired) electrons. The summed E-state index contributed by atoms with van der Waals surface area (Å²) in [6.45, 7) is 1.83. The van der Waals surface area contributed by atoms with E-state index in [-0.39, 0.29) is 23.7 Å². The summed E-state index contributed by atoms with van der Waals surface area (Å²) in [6, 6.07) is 5.29. The van der Waals surface area contributed by atoms with Gasteiger partial charge in [0, 0.05) is 6.20 Å². The maximum atomic E-state index is 11.7. The number of carbonyl (C=O) groups is 1. The summed E-state index contributed by atoms with van der Waals surface area (Å²) in [5, 5.41) is 8.76. The second-order valence-corrected chi connectivity index (χ2v) is 3.49. The van der Waals surface area contributed by atoms with Gasteiger partial charge in [0.2, 0.25) is 11.8 Å². The van der Waals surface area contributed by atoms with E-state index in [1.165, 1.54) is 0 Å². The van der Waals surface area contributed by atoms with Crippen LogP contribution in [0.2, 0.25) is 0 Å². The van der Waals surface area contributed by atoms with Crippen LogP contribution >= 0.6 is 0 Å². The van der Waals surface area contributed by atoms with Gasteiger partial charge >= 0.3 is 0 Å². The SMILES string of the molecule is CC(NC(=O)c1nc(N)n[nH]1)c1ccccn1. The molecule has 1 atom stereocenters. The first-order chi connectivity index (χ1) is 8.16. The molecule has 2 aromatic heterocycles. The second kappa shape index (κ2) is 4.60. The smallest absolute Gasteiger partial charge is 0.289 e. The number of carbonyl (C=O) groups excluding carboxylic acids is 1. The van der Waals surface area contributed by atoms with Crippen molar-refractivity contribution in [1.29, 1.82) is 0 Å². The summed E-state index contributed by atoms with van der Waals surface area (Å²) in [4.78, 5) is 19.6. The van der Waals surface area contributed by atoms with Gasteiger partial charge in [0.15, 0.2) is 0 Å². The van der Waals surface area contributed by atoms with Crippen molar-refractivity contribution < 1.29 is 4.79 Å². The molecule has 0 aliphatic carbocycles. The van der Waals surface area contributed by atoms with Crippen LogP contribution in [0.5, 0.6) is 0 Å². The Morgan fingerprint density at radius 2 is 2.35 bits per heavy atom. The Hall–Kier alpha value is -2.44. The number of amides is 1. The van der Waals surface area contributed by atoms with E-state index in [4.69, 9.17) is 5.73 Å².